The lowest BCUT2D eigenvalue weighted by atomic mass is 10.1. The number of aromatic nitrogens is 5. The standard InChI is InChI=1S/C25H30N8O/c1-16(2)33-25-19(17(3)31-33)5-7-23(30-25)29-24-12-21(26)20(14-28-24)22-6-4-18(13-27-22)15-32-8-10-34-11-9-32/h4-7,12-14,16H,8-11,15H2,1-3H3,(H3,26,28,29,30). The molecule has 0 unspecified atom stereocenters. The Bertz CT molecular complexity index is 1290. The fourth-order valence-corrected chi connectivity index (χ4v) is 4.18. The van der Waals surface area contributed by atoms with Gasteiger partial charge in [-0.05, 0) is 44.5 Å². The van der Waals surface area contributed by atoms with Gasteiger partial charge >= 0.3 is 0 Å². The molecule has 176 valence electrons. The molecule has 0 radical (unpaired) electrons. The molecule has 0 spiro atoms. The first-order valence-corrected chi connectivity index (χ1v) is 11.6. The highest BCUT2D eigenvalue weighted by Crippen LogP contribution is 2.28. The number of aryl methyl sites for hydroxylation is 1. The largest absolute Gasteiger partial charge is 0.398 e. The number of nitrogens with two attached hydrogens (primary N) is 1. The third-order valence-corrected chi connectivity index (χ3v) is 6.03. The van der Waals surface area contributed by atoms with Crippen molar-refractivity contribution in [2.45, 2.75) is 33.4 Å². The van der Waals surface area contributed by atoms with Crippen LogP contribution in [0.3, 0.4) is 0 Å². The van der Waals surface area contributed by atoms with Crippen molar-refractivity contribution in [1.82, 2.24) is 29.6 Å². The number of nitrogens with zero attached hydrogens (tertiary/aromatic N) is 6. The SMILES string of the molecule is Cc1nn(C(C)C)c2nc(Nc3cc(N)c(-c4ccc(CN5CCOCC5)cn4)cn3)ccc12. The summed E-state index contributed by atoms with van der Waals surface area (Å²) < 4.78 is 7.36. The second-order valence-corrected chi connectivity index (χ2v) is 8.91. The molecule has 5 heterocycles. The van der Waals surface area contributed by atoms with Crippen LogP contribution >= 0.6 is 0 Å². The first kappa shape index (κ1) is 22.2. The van der Waals surface area contributed by atoms with Crippen molar-refractivity contribution < 1.29 is 4.74 Å². The molecule has 34 heavy (non-hydrogen) atoms. The van der Waals surface area contributed by atoms with Crippen molar-refractivity contribution >= 4 is 28.4 Å². The number of pyridine rings is 3. The lowest BCUT2D eigenvalue weighted by molar-refractivity contribution is 0.0341. The lowest BCUT2D eigenvalue weighted by Crippen LogP contribution is -2.35. The molecule has 1 fully saturated rings. The van der Waals surface area contributed by atoms with Crippen molar-refractivity contribution in [3.8, 4) is 11.3 Å². The Balaban J connectivity index is 1.32. The van der Waals surface area contributed by atoms with Gasteiger partial charge in [0.2, 0.25) is 0 Å². The number of nitrogen functional groups attached to an aromatic ring is 1. The van der Waals surface area contributed by atoms with Crippen LogP contribution < -0.4 is 11.1 Å². The fraction of sp³-hybridized carbons (Fsp3) is 0.360. The summed E-state index contributed by atoms with van der Waals surface area (Å²) in [4.78, 5) is 16.3. The van der Waals surface area contributed by atoms with E-state index < -0.39 is 0 Å². The maximum Gasteiger partial charge on any atom is 0.160 e. The van der Waals surface area contributed by atoms with Gasteiger partial charge < -0.3 is 15.8 Å². The number of rotatable bonds is 6. The van der Waals surface area contributed by atoms with E-state index in [9.17, 15) is 0 Å². The van der Waals surface area contributed by atoms with Gasteiger partial charge in [-0.25, -0.2) is 14.6 Å². The summed E-state index contributed by atoms with van der Waals surface area (Å²) in [6.45, 7) is 10.6. The van der Waals surface area contributed by atoms with Crippen LogP contribution in [0.2, 0.25) is 0 Å². The van der Waals surface area contributed by atoms with Gasteiger partial charge in [-0.1, -0.05) is 6.07 Å². The van der Waals surface area contributed by atoms with E-state index in [-0.39, 0.29) is 6.04 Å². The van der Waals surface area contributed by atoms with Crippen molar-refractivity contribution in [2.75, 3.05) is 37.4 Å². The number of ether oxygens (including phenoxy) is 1. The van der Waals surface area contributed by atoms with E-state index in [0.717, 1.165) is 60.8 Å². The minimum atomic E-state index is 0.222. The molecule has 0 amide bonds. The van der Waals surface area contributed by atoms with Gasteiger partial charge in [-0.3, -0.25) is 9.88 Å². The van der Waals surface area contributed by atoms with Crippen LogP contribution in [0.25, 0.3) is 22.3 Å². The summed E-state index contributed by atoms with van der Waals surface area (Å²) in [5, 5.41) is 8.92. The third kappa shape index (κ3) is 4.57. The Hall–Kier alpha value is -3.56. The summed E-state index contributed by atoms with van der Waals surface area (Å²) >= 11 is 0. The lowest BCUT2D eigenvalue weighted by Gasteiger charge is -2.26. The van der Waals surface area contributed by atoms with Crippen LogP contribution in [0.15, 0.2) is 42.7 Å². The Morgan fingerprint density at radius 3 is 2.59 bits per heavy atom. The van der Waals surface area contributed by atoms with E-state index in [2.05, 4.69) is 45.2 Å². The predicted molar refractivity (Wildman–Crippen MR) is 134 cm³/mol. The predicted octanol–water partition coefficient (Wildman–Crippen LogP) is 3.94. The Kier molecular flexibility index (Phi) is 6.12. The molecule has 1 saturated heterocycles. The number of hydrogen-bond donors (Lipinski definition) is 2. The van der Waals surface area contributed by atoms with E-state index in [1.54, 1.807) is 6.20 Å². The number of morpholine rings is 1. The molecule has 0 aromatic carbocycles. The van der Waals surface area contributed by atoms with Gasteiger partial charge in [-0.2, -0.15) is 5.10 Å². The molecule has 0 aliphatic carbocycles. The summed E-state index contributed by atoms with van der Waals surface area (Å²) in [5.41, 5.74) is 11.6. The van der Waals surface area contributed by atoms with Crippen molar-refractivity contribution in [2.24, 2.45) is 0 Å². The van der Waals surface area contributed by atoms with Crippen LogP contribution in [0.5, 0.6) is 0 Å². The Labute approximate surface area is 199 Å². The fourth-order valence-electron chi connectivity index (χ4n) is 4.18. The van der Waals surface area contributed by atoms with Crippen LogP contribution in [-0.4, -0.2) is 55.9 Å². The third-order valence-electron chi connectivity index (χ3n) is 6.03. The molecular formula is C25H30N8O. The maximum atomic E-state index is 6.38. The average molecular weight is 459 g/mol. The molecule has 4 aromatic rings. The van der Waals surface area contributed by atoms with Crippen molar-refractivity contribution in [3.05, 3.63) is 54.0 Å². The number of anilines is 3. The molecule has 4 aromatic heterocycles. The van der Waals surface area contributed by atoms with Crippen molar-refractivity contribution in [3.63, 3.8) is 0 Å². The second-order valence-electron chi connectivity index (χ2n) is 8.91. The van der Waals surface area contributed by atoms with Gasteiger partial charge in [0.05, 0.1) is 24.6 Å². The number of fused-ring (bicyclic) bond motifs is 1. The molecule has 0 bridgehead atoms. The van der Waals surface area contributed by atoms with Crippen LogP contribution in [0.4, 0.5) is 17.3 Å². The minimum Gasteiger partial charge on any atom is -0.398 e. The quantitative estimate of drug-likeness (QED) is 0.447. The van der Waals surface area contributed by atoms with Gasteiger partial charge in [-0.15, -0.1) is 0 Å². The summed E-state index contributed by atoms with van der Waals surface area (Å²) in [7, 11) is 0. The summed E-state index contributed by atoms with van der Waals surface area (Å²) in [6, 6.07) is 10.1. The molecule has 9 heteroatoms. The zero-order chi connectivity index (χ0) is 23.7. The highest BCUT2D eigenvalue weighted by molar-refractivity contribution is 5.81. The average Bonchev–Trinajstić information content (AvgIpc) is 3.17. The molecule has 1 aliphatic heterocycles. The highest BCUT2D eigenvalue weighted by Gasteiger charge is 2.14. The molecule has 0 atom stereocenters. The highest BCUT2D eigenvalue weighted by atomic mass is 16.5. The number of hydrogen-bond acceptors (Lipinski definition) is 8. The second kappa shape index (κ2) is 9.36. The molecule has 1 aliphatic rings. The van der Waals surface area contributed by atoms with Gasteiger partial charge in [0.25, 0.3) is 0 Å². The molecule has 3 N–H and O–H groups in total. The van der Waals surface area contributed by atoms with E-state index in [1.165, 1.54) is 5.56 Å². The van der Waals surface area contributed by atoms with Gasteiger partial charge in [0, 0.05) is 60.8 Å². The maximum absolute atomic E-state index is 6.38. The zero-order valence-corrected chi connectivity index (χ0v) is 19.8. The van der Waals surface area contributed by atoms with E-state index in [0.29, 0.717) is 17.3 Å². The molecule has 9 nitrogen and oxygen atoms in total. The smallest absolute Gasteiger partial charge is 0.160 e. The normalized spacial score (nSPS) is 14.7. The topological polar surface area (TPSA) is 107 Å². The van der Waals surface area contributed by atoms with Gasteiger partial charge in [0.15, 0.2) is 5.65 Å². The zero-order valence-electron chi connectivity index (χ0n) is 19.8. The van der Waals surface area contributed by atoms with Gasteiger partial charge in [0.1, 0.15) is 11.6 Å². The Morgan fingerprint density at radius 2 is 1.88 bits per heavy atom. The molecular weight excluding hydrogens is 428 g/mol. The molecule has 5 rings (SSSR count). The Morgan fingerprint density at radius 1 is 1.06 bits per heavy atom. The van der Waals surface area contributed by atoms with E-state index in [1.807, 2.05) is 42.1 Å². The first-order chi connectivity index (χ1) is 16.5. The monoisotopic (exact) mass is 458 g/mol. The molecule has 0 saturated carbocycles. The van der Waals surface area contributed by atoms with Crippen LogP contribution in [0.1, 0.15) is 31.1 Å². The summed E-state index contributed by atoms with van der Waals surface area (Å²) in [5.74, 6) is 1.32. The van der Waals surface area contributed by atoms with E-state index >= 15 is 0 Å². The first-order valence-electron chi connectivity index (χ1n) is 11.6. The summed E-state index contributed by atoms with van der Waals surface area (Å²) in [6.07, 6.45) is 3.66. The van der Waals surface area contributed by atoms with E-state index in [4.69, 9.17) is 15.5 Å². The minimum absolute atomic E-state index is 0.222. The van der Waals surface area contributed by atoms with Crippen molar-refractivity contribution in [1.29, 1.82) is 0 Å². The van der Waals surface area contributed by atoms with Crippen LogP contribution in [-0.2, 0) is 11.3 Å². The number of nitrogens with one attached hydrogen (secondary N) is 1. The van der Waals surface area contributed by atoms with Crippen LogP contribution in [0, 0.1) is 6.92 Å².